The molecule has 5 nitrogen and oxygen atoms in total. The molecular weight excluding hydrogens is 319 g/mol. The Kier molecular flexibility index (Phi) is 5.75. The van der Waals surface area contributed by atoms with Gasteiger partial charge >= 0.3 is 0 Å². The van der Waals surface area contributed by atoms with Crippen molar-refractivity contribution in [2.24, 2.45) is 0 Å². The van der Waals surface area contributed by atoms with E-state index in [2.05, 4.69) is 4.72 Å². The van der Waals surface area contributed by atoms with Crippen LogP contribution in [-0.2, 0) is 21.2 Å². The summed E-state index contributed by atoms with van der Waals surface area (Å²) in [4.78, 5) is 13.7. The molecule has 1 saturated heterocycles. The summed E-state index contributed by atoms with van der Waals surface area (Å²) in [7, 11) is -3.40. The standard InChI is InChI=1S/C16H23FN2O3S/c1-12(2)23(21,22)18-11-15(19-8-4-7-16(19)20)10-13-5-3-6-14(17)9-13/h3,5-6,9,12,15,18H,4,7-8,10-11H2,1-2H3/t15-/m1/s1. The average Bonchev–Trinajstić information content (AvgIpc) is 2.89. The number of sulfonamides is 1. The van der Waals surface area contributed by atoms with Crippen LogP contribution >= 0.6 is 0 Å². The minimum atomic E-state index is -3.40. The molecule has 7 heteroatoms. The number of likely N-dealkylation sites (tertiary alicyclic amines) is 1. The smallest absolute Gasteiger partial charge is 0.222 e. The van der Waals surface area contributed by atoms with Gasteiger partial charge in [-0.15, -0.1) is 0 Å². The summed E-state index contributed by atoms with van der Waals surface area (Å²) in [6.07, 6.45) is 1.68. The van der Waals surface area contributed by atoms with Crippen molar-refractivity contribution in [1.82, 2.24) is 9.62 Å². The maximum Gasteiger partial charge on any atom is 0.222 e. The highest BCUT2D eigenvalue weighted by molar-refractivity contribution is 7.90. The fourth-order valence-corrected chi connectivity index (χ4v) is 3.42. The first-order valence-corrected chi connectivity index (χ1v) is 9.36. The van der Waals surface area contributed by atoms with Crippen LogP contribution in [0.15, 0.2) is 24.3 Å². The zero-order valence-corrected chi connectivity index (χ0v) is 14.3. The van der Waals surface area contributed by atoms with Crippen molar-refractivity contribution in [3.63, 3.8) is 0 Å². The van der Waals surface area contributed by atoms with E-state index in [1.54, 1.807) is 30.9 Å². The first-order valence-electron chi connectivity index (χ1n) is 7.82. The lowest BCUT2D eigenvalue weighted by Crippen LogP contribution is -2.47. The van der Waals surface area contributed by atoms with Crippen molar-refractivity contribution in [1.29, 1.82) is 0 Å². The SMILES string of the molecule is CC(C)S(=O)(=O)NC[C@@H](Cc1cccc(F)c1)N1CCCC1=O. The highest BCUT2D eigenvalue weighted by atomic mass is 32.2. The van der Waals surface area contributed by atoms with E-state index < -0.39 is 15.3 Å². The third kappa shape index (κ3) is 4.75. The second-order valence-corrected chi connectivity index (χ2v) is 8.44. The van der Waals surface area contributed by atoms with Gasteiger partial charge in [-0.05, 0) is 44.4 Å². The van der Waals surface area contributed by atoms with Gasteiger partial charge in [0.25, 0.3) is 0 Å². The molecule has 1 fully saturated rings. The Bertz CT molecular complexity index is 661. The third-order valence-electron chi connectivity index (χ3n) is 4.05. The summed E-state index contributed by atoms with van der Waals surface area (Å²) < 4.78 is 39.9. The van der Waals surface area contributed by atoms with Gasteiger partial charge < -0.3 is 4.90 Å². The predicted octanol–water partition coefficient (Wildman–Crippen LogP) is 1.69. The molecule has 0 radical (unpaired) electrons. The van der Waals surface area contributed by atoms with Gasteiger partial charge in [0.05, 0.1) is 5.25 Å². The van der Waals surface area contributed by atoms with Gasteiger partial charge in [0, 0.05) is 25.6 Å². The third-order valence-corrected chi connectivity index (χ3v) is 5.86. The molecule has 0 spiro atoms. The van der Waals surface area contributed by atoms with Crippen LogP contribution in [0.4, 0.5) is 4.39 Å². The quantitative estimate of drug-likeness (QED) is 0.820. The van der Waals surface area contributed by atoms with Gasteiger partial charge in [0.1, 0.15) is 5.82 Å². The lowest BCUT2D eigenvalue weighted by atomic mass is 10.0. The Balaban J connectivity index is 2.13. The van der Waals surface area contributed by atoms with E-state index in [0.717, 1.165) is 12.0 Å². The van der Waals surface area contributed by atoms with E-state index in [4.69, 9.17) is 0 Å². The number of carbonyl (C=O) groups excluding carboxylic acids is 1. The zero-order valence-electron chi connectivity index (χ0n) is 13.5. The van der Waals surface area contributed by atoms with Crippen LogP contribution < -0.4 is 4.72 Å². The summed E-state index contributed by atoms with van der Waals surface area (Å²) in [5, 5.41) is -0.536. The lowest BCUT2D eigenvalue weighted by Gasteiger charge is -2.28. The summed E-state index contributed by atoms with van der Waals surface area (Å²) in [5.41, 5.74) is 0.749. The molecule has 1 atom stereocenters. The Labute approximate surface area is 136 Å². The normalized spacial score (nSPS) is 17.0. The van der Waals surface area contributed by atoms with Gasteiger partial charge in [-0.25, -0.2) is 17.5 Å². The van der Waals surface area contributed by atoms with E-state index in [-0.39, 0.29) is 24.3 Å². The first-order chi connectivity index (χ1) is 10.8. The van der Waals surface area contributed by atoms with Crippen LogP contribution in [0.1, 0.15) is 32.3 Å². The molecule has 1 amide bonds. The van der Waals surface area contributed by atoms with E-state index in [1.807, 2.05) is 0 Å². The fourth-order valence-electron chi connectivity index (χ4n) is 2.66. The minimum absolute atomic E-state index is 0.0233. The number of amides is 1. The molecule has 1 heterocycles. The molecular formula is C16H23FN2O3S. The number of nitrogens with one attached hydrogen (secondary N) is 1. The van der Waals surface area contributed by atoms with Gasteiger partial charge in [0.2, 0.25) is 15.9 Å². The van der Waals surface area contributed by atoms with Crippen LogP contribution in [0.3, 0.4) is 0 Å². The van der Waals surface area contributed by atoms with Crippen molar-refractivity contribution >= 4 is 15.9 Å². The highest BCUT2D eigenvalue weighted by Crippen LogP contribution is 2.18. The molecule has 1 aromatic carbocycles. The molecule has 23 heavy (non-hydrogen) atoms. The van der Waals surface area contributed by atoms with E-state index in [0.29, 0.717) is 19.4 Å². The van der Waals surface area contributed by atoms with Crippen molar-refractivity contribution in [2.45, 2.75) is 44.4 Å². The largest absolute Gasteiger partial charge is 0.338 e. The van der Waals surface area contributed by atoms with E-state index in [9.17, 15) is 17.6 Å². The maximum atomic E-state index is 13.4. The summed E-state index contributed by atoms with van der Waals surface area (Å²) in [6.45, 7) is 3.96. The maximum absolute atomic E-state index is 13.4. The predicted molar refractivity (Wildman–Crippen MR) is 86.9 cm³/mol. The molecule has 0 aromatic heterocycles. The Morgan fingerprint density at radius 3 is 2.65 bits per heavy atom. The number of nitrogens with zero attached hydrogens (tertiary/aromatic N) is 1. The molecule has 1 aromatic rings. The van der Waals surface area contributed by atoms with Gasteiger partial charge in [-0.3, -0.25) is 4.79 Å². The molecule has 0 bridgehead atoms. The number of benzene rings is 1. The van der Waals surface area contributed by atoms with Crippen LogP contribution in [0.25, 0.3) is 0 Å². The lowest BCUT2D eigenvalue weighted by molar-refractivity contribution is -0.129. The zero-order chi connectivity index (χ0) is 17.0. The monoisotopic (exact) mass is 342 g/mol. The molecule has 0 unspecified atom stereocenters. The van der Waals surface area contributed by atoms with Crippen molar-refractivity contribution < 1.29 is 17.6 Å². The van der Waals surface area contributed by atoms with Gasteiger partial charge in [0.15, 0.2) is 0 Å². The van der Waals surface area contributed by atoms with Crippen LogP contribution in [0, 0.1) is 5.82 Å². The van der Waals surface area contributed by atoms with E-state index >= 15 is 0 Å². The van der Waals surface area contributed by atoms with Gasteiger partial charge in [-0.2, -0.15) is 0 Å². The van der Waals surface area contributed by atoms with Crippen molar-refractivity contribution in [3.05, 3.63) is 35.6 Å². The number of carbonyl (C=O) groups is 1. The van der Waals surface area contributed by atoms with Crippen molar-refractivity contribution in [2.75, 3.05) is 13.1 Å². The van der Waals surface area contributed by atoms with Crippen LogP contribution in [0.5, 0.6) is 0 Å². The molecule has 128 valence electrons. The van der Waals surface area contributed by atoms with Gasteiger partial charge in [-0.1, -0.05) is 12.1 Å². The second kappa shape index (κ2) is 7.40. The number of hydrogen-bond donors (Lipinski definition) is 1. The van der Waals surface area contributed by atoms with Crippen LogP contribution in [0.2, 0.25) is 0 Å². The fraction of sp³-hybridized carbons (Fsp3) is 0.562. The number of halogens is 1. The topological polar surface area (TPSA) is 66.5 Å². The molecule has 1 aliphatic rings. The first kappa shape index (κ1) is 17.9. The molecule has 0 saturated carbocycles. The van der Waals surface area contributed by atoms with Crippen LogP contribution in [-0.4, -0.2) is 43.6 Å². The number of rotatable bonds is 7. The Morgan fingerprint density at radius 1 is 1.35 bits per heavy atom. The summed E-state index contributed by atoms with van der Waals surface area (Å²) in [6, 6.07) is 5.88. The number of hydrogen-bond acceptors (Lipinski definition) is 3. The van der Waals surface area contributed by atoms with E-state index in [1.165, 1.54) is 12.1 Å². The second-order valence-electron chi connectivity index (χ2n) is 6.12. The Hall–Kier alpha value is -1.47. The average molecular weight is 342 g/mol. The highest BCUT2D eigenvalue weighted by Gasteiger charge is 2.29. The molecule has 0 aliphatic carbocycles. The molecule has 1 N–H and O–H groups in total. The molecule has 2 rings (SSSR count). The Morgan fingerprint density at radius 2 is 2.09 bits per heavy atom. The van der Waals surface area contributed by atoms with Crippen molar-refractivity contribution in [3.8, 4) is 0 Å². The summed E-state index contributed by atoms with van der Waals surface area (Å²) in [5.74, 6) is -0.313. The minimum Gasteiger partial charge on any atom is -0.338 e. The molecule has 1 aliphatic heterocycles. The summed E-state index contributed by atoms with van der Waals surface area (Å²) >= 11 is 0.